The number of carbonyl (C=O) groups is 2. The SMILES string of the molecule is CC(C)(C)OC(=O)N1CCC[C@@H]1CC#N.Cl.O=C(O)C[C@H]1CCCN1. The molecule has 0 saturated carbocycles. The third kappa shape index (κ3) is 9.51. The van der Waals surface area contributed by atoms with E-state index in [-0.39, 0.29) is 37.0 Å². The Morgan fingerprint density at radius 1 is 1.32 bits per heavy atom. The van der Waals surface area contributed by atoms with Crippen molar-refractivity contribution in [2.75, 3.05) is 13.1 Å². The number of hydrogen-bond acceptors (Lipinski definition) is 5. The molecule has 2 N–H and O–H groups in total. The average Bonchev–Trinajstić information content (AvgIpc) is 3.08. The fraction of sp³-hybridized carbons (Fsp3) is 0.824. The number of rotatable bonds is 3. The molecule has 2 fully saturated rings. The Balaban J connectivity index is 0.000000495. The minimum Gasteiger partial charge on any atom is -0.481 e. The molecule has 0 aromatic carbocycles. The summed E-state index contributed by atoms with van der Waals surface area (Å²) >= 11 is 0. The lowest BCUT2D eigenvalue weighted by Crippen LogP contribution is -2.39. The van der Waals surface area contributed by atoms with Crippen LogP contribution in [0.1, 0.15) is 59.3 Å². The van der Waals surface area contributed by atoms with Crippen molar-refractivity contribution in [3.8, 4) is 6.07 Å². The second kappa shape index (κ2) is 11.2. The molecule has 0 aromatic heterocycles. The molecule has 0 bridgehead atoms. The van der Waals surface area contributed by atoms with Gasteiger partial charge in [-0.2, -0.15) is 5.26 Å². The predicted molar refractivity (Wildman–Crippen MR) is 96.7 cm³/mol. The first kappa shape index (κ1) is 23.5. The Labute approximate surface area is 156 Å². The minimum absolute atomic E-state index is 0. The summed E-state index contributed by atoms with van der Waals surface area (Å²) in [5.41, 5.74) is -0.461. The van der Waals surface area contributed by atoms with Crippen molar-refractivity contribution in [2.45, 2.75) is 77.0 Å². The summed E-state index contributed by atoms with van der Waals surface area (Å²) in [5.74, 6) is -0.700. The van der Waals surface area contributed by atoms with E-state index in [2.05, 4.69) is 11.4 Å². The number of likely N-dealkylation sites (tertiary alicyclic amines) is 1. The predicted octanol–water partition coefficient (Wildman–Crippen LogP) is 2.93. The van der Waals surface area contributed by atoms with Crippen molar-refractivity contribution in [1.29, 1.82) is 5.26 Å². The summed E-state index contributed by atoms with van der Waals surface area (Å²) in [4.78, 5) is 23.5. The zero-order valence-electron chi connectivity index (χ0n) is 15.3. The fourth-order valence-corrected chi connectivity index (χ4v) is 2.86. The van der Waals surface area contributed by atoms with E-state index >= 15 is 0 Å². The molecule has 2 aliphatic rings. The fourth-order valence-electron chi connectivity index (χ4n) is 2.86. The standard InChI is InChI=1S/C11H18N2O2.C6H11NO2.ClH/c1-11(2,3)15-10(14)13-8-4-5-9(13)6-7-12;8-6(9)4-5-2-1-3-7-5;/h9H,4-6,8H2,1-3H3;5,7H,1-4H2,(H,8,9);1H/t9-;5-;/m11./s1. The molecule has 0 spiro atoms. The van der Waals surface area contributed by atoms with E-state index in [4.69, 9.17) is 15.1 Å². The topological polar surface area (TPSA) is 103 Å². The molecule has 0 aliphatic carbocycles. The van der Waals surface area contributed by atoms with E-state index in [1.807, 2.05) is 20.8 Å². The Kier molecular flexibility index (Phi) is 10.5. The van der Waals surface area contributed by atoms with Crippen molar-refractivity contribution >= 4 is 24.5 Å². The summed E-state index contributed by atoms with van der Waals surface area (Å²) in [6, 6.07) is 2.39. The van der Waals surface area contributed by atoms with E-state index < -0.39 is 11.6 Å². The van der Waals surface area contributed by atoms with Gasteiger partial charge in [0.2, 0.25) is 0 Å². The number of carbonyl (C=O) groups excluding carboxylic acids is 1. The molecule has 2 saturated heterocycles. The summed E-state index contributed by atoms with van der Waals surface area (Å²) in [6.07, 6.45) is 4.40. The van der Waals surface area contributed by atoms with E-state index in [1.54, 1.807) is 4.90 Å². The van der Waals surface area contributed by atoms with Crippen LogP contribution in [0.15, 0.2) is 0 Å². The highest BCUT2D eigenvalue weighted by Gasteiger charge is 2.31. The molecule has 2 heterocycles. The van der Waals surface area contributed by atoms with Crippen LogP contribution in [0.2, 0.25) is 0 Å². The van der Waals surface area contributed by atoms with Gasteiger partial charge in [-0.1, -0.05) is 0 Å². The Bertz CT molecular complexity index is 467. The van der Waals surface area contributed by atoms with Crippen LogP contribution in [-0.2, 0) is 9.53 Å². The number of hydrogen-bond donors (Lipinski definition) is 2. The Hall–Kier alpha value is -1.52. The van der Waals surface area contributed by atoms with E-state index in [1.165, 1.54) is 0 Å². The molecule has 7 nitrogen and oxygen atoms in total. The molecule has 0 radical (unpaired) electrons. The highest BCUT2D eigenvalue weighted by Crippen LogP contribution is 2.22. The van der Waals surface area contributed by atoms with Crippen LogP contribution >= 0.6 is 12.4 Å². The quantitative estimate of drug-likeness (QED) is 0.786. The molecule has 25 heavy (non-hydrogen) atoms. The van der Waals surface area contributed by atoms with E-state index in [9.17, 15) is 9.59 Å². The van der Waals surface area contributed by atoms with Gasteiger partial charge in [0.05, 0.1) is 18.9 Å². The number of nitrogens with one attached hydrogen (secondary N) is 1. The molecule has 0 unspecified atom stereocenters. The van der Waals surface area contributed by atoms with Crippen LogP contribution in [0.5, 0.6) is 0 Å². The Morgan fingerprint density at radius 3 is 2.48 bits per heavy atom. The molecule has 2 rings (SSSR count). The van der Waals surface area contributed by atoms with Crippen LogP contribution in [0.25, 0.3) is 0 Å². The normalized spacial score (nSPS) is 22.2. The lowest BCUT2D eigenvalue weighted by molar-refractivity contribution is -0.137. The third-order valence-corrected chi connectivity index (χ3v) is 3.92. The van der Waals surface area contributed by atoms with E-state index in [0.29, 0.717) is 13.0 Å². The minimum atomic E-state index is -0.700. The zero-order valence-corrected chi connectivity index (χ0v) is 16.1. The van der Waals surface area contributed by atoms with Crippen LogP contribution in [-0.4, -0.2) is 52.8 Å². The van der Waals surface area contributed by atoms with Crippen LogP contribution in [0, 0.1) is 11.3 Å². The zero-order chi connectivity index (χ0) is 18.2. The van der Waals surface area contributed by atoms with Crippen molar-refractivity contribution < 1.29 is 19.4 Å². The van der Waals surface area contributed by atoms with Crippen LogP contribution < -0.4 is 5.32 Å². The number of halogens is 1. The highest BCUT2D eigenvalue weighted by atomic mass is 35.5. The van der Waals surface area contributed by atoms with Crippen molar-refractivity contribution in [3.05, 3.63) is 0 Å². The molecule has 8 heteroatoms. The van der Waals surface area contributed by atoms with Gasteiger partial charge in [-0.05, 0) is 53.0 Å². The maximum Gasteiger partial charge on any atom is 0.410 e. The molecule has 2 aliphatic heterocycles. The molecular formula is C17H30ClN3O4. The summed E-state index contributed by atoms with van der Waals surface area (Å²) in [6.45, 7) is 7.24. The first-order valence-electron chi connectivity index (χ1n) is 8.54. The van der Waals surface area contributed by atoms with Gasteiger partial charge in [0, 0.05) is 18.6 Å². The molecule has 1 amide bonds. The first-order valence-corrected chi connectivity index (χ1v) is 8.54. The molecule has 144 valence electrons. The number of nitriles is 1. The lowest BCUT2D eigenvalue weighted by Gasteiger charge is -2.27. The van der Waals surface area contributed by atoms with Gasteiger partial charge in [0.1, 0.15) is 5.60 Å². The number of ether oxygens (including phenoxy) is 1. The number of carboxylic acid groups (broad SMARTS) is 1. The lowest BCUT2D eigenvalue weighted by atomic mass is 10.2. The number of carboxylic acids is 1. The summed E-state index contributed by atoms with van der Waals surface area (Å²) in [5, 5.41) is 20.1. The second-order valence-electron chi connectivity index (χ2n) is 7.22. The van der Waals surface area contributed by atoms with Gasteiger partial charge in [0.15, 0.2) is 0 Å². The van der Waals surface area contributed by atoms with Gasteiger partial charge < -0.3 is 20.1 Å². The largest absolute Gasteiger partial charge is 0.481 e. The van der Waals surface area contributed by atoms with E-state index in [0.717, 1.165) is 32.2 Å². The maximum atomic E-state index is 11.7. The molecule has 0 aromatic rings. The third-order valence-electron chi connectivity index (χ3n) is 3.92. The summed E-state index contributed by atoms with van der Waals surface area (Å²) < 4.78 is 5.28. The highest BCUT2D eigenvalue weighted by molar-refractivity contribution is 5.85. The first-order chi connectivity index (χ1) is 11.2. The van der Waals surface area contributed by atoms with Crippen molar-refractivity contribution in [1.82, 2.24) is 10.2 Å². The van der Waals surface area contributed by atoms with Gasteiger partial charge in [-0.25, -0.2) is 4.79 Å². The summed E-state index contributed by atoms with van der Waals surface area (Å²) in [7, 11) is 0. The van der Waals surface area contributed by atoms with Crippen molar-refractivity contribution in [2.24, 2.45) is 0 Å². The number of amides is 1. The monoisotopic (exact) mass is 375 g/mol. The number of nitrogens with zero attached hydrogens (tertiary/aromatic N) is 2. The van der Waals surface area contributed by atoms with Gasteiger partial charge in [-0.3, -0.25) is 4.79 Å². The van der Waals surface area contributed by atoms with Crippen molar-refractivity contribution in [3.63, 3.8) is 0 Å². The average molecular weight is 376 g/mol. The smallest absolute Gasteiger partial charge is 0.410 e. The van der Waals surface area contributed by atoms with Gasteiger partial charge >= 0.3 is 12.1 Å². The molecule has 2 atom stereocenters. The second-order valence-corrected chi connectivity index (χ2v) is 7.22. The van der Waals surface area contributed by atoms with Gasteiger partial charge in [0.25, 0.3) is 0 Å². The van der Waals surface area contributed by atoms with Crippen LogP contribution in [0.4, 0.5) is 4.79 Å². The number of aliphatic carboxylic acids is 1. The van der Waals surface area contributed by atoms with Crippen LogP contribution in [0.3, 0.4) is 0 Å². The Morgan fingerprint density at radius 2 is 2.00 bits per heavy atom. The molecular weight excluding hydrogens is 346 g/mol. The van der Waals surface area contributed by atoms with Gasteiger partial charge in [-0.15, -0.1) is 12.4 Å². The maximum absolute atomic E-state index is 11.7.